The zero-order valence-electron chi connectivity index (χ0n) is 10.6. The van der Waals surface area contributed by atoms with Gasteiger partial charge < -0.3 is 10.2 Å². The lowest BCUT2D eigenvalue weighted by Gasteiger charge is -2.27. The molecule has 2 N–H and O–H groups in total. The van der Waals surface area contributed by atoms with Crippen LogP contribution < -0.4 is 5.73 Å². The average molecular weight is 266 g/mol. The molecule has 3 nitrogen and oxygen atoms in total. The molecule has 0 fully saturated rings. The van der Waals surface area contributed by atoms with E-state index < -0.39 is 17.7 Å². The summed E-state index contributed by atoms with van der Waals surface area (Å²) in [5, 5.41) is 0. The van der Waals surface area contributed by atoms with Crippen LogP contribution in [0.3, 0.4) is 0 Å². The van der Waals surface area contributed by atoms with Gasteiger partial charge in [0, 0.05) is 12.1 Å². The fourth-order valence-corrected chi connectivity index (χ4v) is 2.11. The number of likely N-dealkylation sites (N-methyl/N-ethyl adjacent to an activating group) is 1. The standard InChI is InChI=1S/C14H16F2N2O/c1-18(9-10-4-3-7-19-10)13(8-17)14-11(15)5-2-6-12(14)16/h2-7,13H,8-9,17H2,1H3. The van der Waals surface area contributed by atoms with Crippen molar-refractivity contribution in [2.45, 2.75) is 12.6 Å². The molecule has 2 aromatic rings. The predicted molar refractivity (Wildman–Crippen MR) is 68.3 cm³/mol. The van der Waals surface area contributed by atoms with Gasteiger partial charge in [-0.15, -0.1) is 0 Å². The van der Waals surface area contributed by atoms with Crippen LogP contribution in [0, 0.1) is 11.6 Å². The van der Waals surface area contributed by atoms with Crippen molar-refractivity contribution in [3.63, 3.8) is 0 Å². The van der Waals surface area contributed by atoms with E-state index in [0.717, 1.165) is 5.76 Å². The van der Waals surface area contributed by atoms with E-state index in [0.29, 0.717) is 6.54 Å². The first-order valence-electron chi connectivity index (χ1n) is 6.00. The first-order valence-corrected chi connectivity index (χ1v) is 6.00. The van der Waals surface area contributed by atoms with Gasteiger partial charge >= 0.3 is 0 Å². The number of halogens is 2. The minimum Gasteiger partial charge on any atom is -0.468 e. The Morgan fingerprint density at radius 1 is 1.21 bits per heavy atom. The summed E-state index contributed by atoms with van der Waals surface area (Å²) in [6.45, 7) is 0.553. The molecule has 19 heavy (non-hydrogen) atoms. The quantitative estimate of drug-likeness (QED) is 0.904. The molecule has 0 spiro atoms. The number of hydrogen-bond donors (Lipinski definition) is 1. The number of rotatable bonds is 5. The lowest BCUT2D eigenvalue weighted by molar-refractivity contribution is 0.214. The summed E-state index contributed by atoms with van der Waals surface area (Å²) in [6, 6.07) is 6.86. The van der Waals surface area contributed by atoms with E-state index in [1.165, 1.54) is 18.2 Å². The van der Waals surface area contributed by atoms with Crippen LogP contribution in [0.25, 0.3) is 0 Å². The molecule has 0 saturated heterocycles. The van der Waals surface area contributed by atoms with E-state index in [1.54, 1.807) is 24.3 Å². The predicted octanol–water partition coefficient (Wildman–Crippen LogP) is 2.69. The third-order valence-corrected chi connectivity index (χ3v) is 3.07. The van der Waals surface area contributed by atoms with E-state index in [-0.39, 0.29) is 12.1 Å². The van der Waals surface area contributed by atoms with E-state index in [1.807, 2.05) is 6.07 Å². The third-order valence-electron chi connectivity index (χ3n) is 3.07. The second-order valence-corrected chi connectivity index (χ2v) is 4.38. The molecule has 2 rings (SSSR count). The van der Waals surface area contributed by atoms with Gasteiger partial charge in [-0.05, 0) is 31.3 Å². The van der Waals surface area contributed by atoms with Crippen molar-refractivity contribution in [2.24, 2.45) is 5.73 Å². The lowest BCUT2D eigenvalue weighted by Crippen LogP contribution is -2.31. The number of nitrogens with two attached hydrogens (primary N) is 1. The Balaban J connectivity index is 2.24. The molecule has 0 radical (unpaired) electrons. The highest BCUT2D eigenvalue weighted by Gasteiger charge is 2.23. The summed E-state index contributed by atoms with van der Waals surface area (Å²) in [5.41, 5.74) is 5.67. The molecule has 0 aliphatic heterocycles. The first kappa shape index (κ1) is 13.7. The van der Waals surface area contributed by atoms with E-state index in [4.69, 9.17) is 10.2 Å². The van der Waals surface area contributed by atoms with Crippen LogP contribution in [0.15, 0.2) is 41.0 Å². The van der Waals surface area contributed by atoms with Crippen molar-refractivity contribution in [1.29, 1.82) is 0 Å². The molecule has 1 heterocycles. The van der Waals surface area contributed by atoms with Crippen molar-refractivity contribution in [1.82, 2.24) is 4.90 Å². The largest absolute Gasteiger partial charge is 0.468 e. The second kappa shape index (κ2) is 5.95. The Labute approximate surface area is 110 Å². The van der Waals surface area contributed by atoms with Gasteiger partial charge in [0.15, 0.2) is 0 Å². The van der Waals surface area contributed by atoms with Gasteiger partial charge in [0.2, 0.25) is 0 Å². The Morgan fingerprint density at radius 3 is 2.42 bits per heavy atom. The maximum absolute atomic E-state index is 13.8. The summed E-state index contributed by atoms with van der Waals surface area (Å²) < 4.78 is 32.8. The Morgan fingerprint density at radius 2 is 1.89 bits per heavy atom. The van der Waals surface area contributed by atoms with Gasteiger partial charge in [-0.2, -0.15) is 0 Å². The zero-order valence-corrected chi connectivity index (χ0v) is 10.6. The molecule has 5 heteroatoms. The highest BCUT2D eigenvalue weighted by molar-refractivity contribution is 5.24. The third kappa shape index (κ3) is 3.00. The first-order chi connectivity index (χ1) is 9.13. The molecular formula is C14H16F2N2O. The molecule has 1 atom stereocenters. The molecule has 1 aromatic carbocycles. The lowest BCUT2D eigenvalue weighted by atomic mass is 10.0. The Hall–Kier alpha value is -1.72. The highest BCUT2D eigenvalue weighted by atomic mass is 19.1. The van der Waals surface area contributed by atoms with Crippen molar-refractivity contribution in [3.8, 4) is 0 Å². The van der Waals surface area contributed by atoms with E-state index in [9.17, 15) is 8.78 Å². The Bertz CT molecular complexity index is 508. The van der Waals surface area contributed by atoms with Crippen molar-refractivity contribution < 1.29 is 13.2 Å². The molecule has 0 amide bonds. The van der Waals surface area contributed by atoms with Crippen molar-refractivity contribution in [2.75, 3.05) is 13.6 Å². The summed E-state index contributed by atoms with van der Waals surface area (Å²) in [6.07, 6.45) is 1.56. The van der Waals surface area contributed by atoms with Crippen LogP contribution in [0.2, 0.25) is 0 Å². The van der Waals surface area contributed by atoms with Crippen molar-refractivity contribution >= 4 is 0 Å². The number of nitrogens with zero attached hydrogens (tertiary/aromatic N) is 1. The van der Waals surface area contributed by atoms with Gasteiger partial charge in [-0.3, -0.25) is 4.90 Å². The number of furan rings is 1. The van der Waals surface area contributed by atoms with Crippen LogP contribution in [0.4, 0.5) is 8.78 Å². The van der Waals surface area contributed by atoms with Crippen LogP contribution in [0.1, 0.15) is 17.4 Å². The summed E-state index contributed by atoms with van der Waals surface area (Å²) >= 11 is 0. The summed E-state index contributed by atoms with van der Waals surface area (Å²) in [4.78, 5) is 1.76. The highest BCUT2D eigenvalue weighted by Crippen LogP contribution is 2.25. The minimum absolute atomic E-state index is 0.000874. The zero-order chi connectivity index (χ0) is 13.8. The van der Waals surface area contributed by atoms with E-state index in [2.05, 4.69) is 0 Å². The maximum atomic E-state index is 13.8. The summed E-state index contributed by atoms with van der Waals surface area (Å²) in [7, 11) is 1.76. The van der Waals surface area contributed by atoms with Crippen LogP contribution >= 0.6 is 0 Å². The van der Waals surface area contributed by atoms with Gasteiger partial charge in [-0.25, -0.2) is 8.78 Å². The number of hydrogen-bond acceptors (Lipinski definition) is 3. The number of benzene rings is 1. The normalized spacial score (nSPS) is 12.9. The van der Waals surface area contributed by atoms with Gasteiger partial charge in [0.1, 0.15) is 17.4 Å². The monoisotopic (exact) mass is 266 g/mol. The average Bonchev–Trinajstić information content (AvgIpc) is 2.86. The van der Waals surface area contributed by atoms with Gasteiger partial charge in [0.05, 0.1) is 18.8 Å². The van der Waals surface area contributed by atoms with Crippen LogP contribution in [-0.4, -0.2) is 18.5 Å². The molecule has 0 bridgehead atoms. The fourth-order valence-electron chi connectivity index (χ4n) is 2.11. The molecule has 0 aliphatic carbocycles. The minimum atomic E-state index is -0.582. The topological polar surface area (TPSA) is 42.4 Å². The fraction of sp³-hybridized carbons (Fsp3) is 0.286. The molecule has 0 saturated carbocycles. The Kier molecular flexibility index (Phi) is 4.29. The molecule has 0 aliphatic rings. The SMILES string of the molecule is CN(Cc1ccco1)C(CN)c1c(F)cccc1F. The molecule has 102 valence electrons. The van der Waals surface area contributed by atoms with Gasteiger partial charge in [-0.1, -0.05) is 6.07 Å². The molecular weight excluding hydrogens is 250 g/mol. The second-order valence-electron chi connectivity index (χ2n) is 4.38. The maximum Gasteiger partial charge on any atom is 0.130 e. The summed E-state index contributed by atoms with van der Waals surface area (Å²) in [5.74, 6) is -0.443. The molecule has 1 unspecified atom stereocenters. The van der Waals surface area contributed by atoms with Gasteiger partial charge in [0.25, 0.3) is 0 Å². The molecule has 1 aromatic heterocycles. The smallest absolute Gasteiger partial charge is 0.130 e. The van der Waals surface area contributed by atoms with Crippen molar-refractivity contribution in [3.05, 3.63) is 59.6 Å². The van der Waals surface area contributed by atoms with Crippen LogP contribution in [-0.2, 0) is 6.54 Å². The van der Waals surface area contributed by atoms with E-state index >= 15 is 0 Å². The van der Waals surface area contributed by atoms with Crippen LogP contribution in [0.5, 0.6) is 0 Å².